The topological polar surface area (TPSA) is 121 Å². The number of esters is 2. The molecule has 0 saturated carbocycles. The maximum atomic E-state index is 12.7. The smallest absolute Gasteiger partial charge is 0.462 e. The molecular weight excluding hydrogens is 741 g/mol. The van der Waals surface area contributed by atoms with Crippen molar-refractivity contribution in [1.82, 2.24) is 0 Å². The highest BCUT2D eigenvalue weighted by atomic mass is 31.2. The Morgan fingerprint density at radius 2 is 1.19 bits per heavy atom. The van der Waals surface area contributed by atoms with Crippen LogP contribution in [-0.4, -0.2) is 87.1 Å². The van der Waals surface area contributed by atoms with Crippen LogP contribution in [0.2, 0.25) is 0 Å². The first-order valence-electron chi connectivity index (χ1n) is 21.8. The van der Waals surface area contributed by atoms with E-state index in [-0.39, 0.29) is 26.1 Å². The van der Waals surface area contributed by atoms with E-state index < -0.39 is 32.5 Å². The number of ether oxygens (including phenoxy) is 3. The fraction of sp³-hybridized carbons (Fsp3) is 0.696. The Morgan fingerprint density at radius 3 is 1.81 bits per heavy atom. The van der Waals surface area contributed by atoms with Crippen LogP contribution in [0.4, 0.5) is 0 Å². The van der Waals surface area contributed by atoms with E-state index in [2.05, 4.69) is 74.6 Å². The molecule has 1 fully saturated rings. The summed E-state index contributed by atoms with van der Waals surface area (Å²) in [6.07, 6.45) is 44.3. The van der Waals surface area contributed by atoms with Crippen LogP contribution in [-0.2, 0) is 37.4 Å². The Hall–Kier alpha value is -2.59. The molecule has 1 aliphatic heterocycles. The number of phosphoric acid groups is 1. The molecule has 1 aliphatic rings. The molecule has 0 amide bonds. The number of likely N-dealkylation sites (N-methyl/N-ethyl adjacent to an activating group) is 1. The van der Waals surface area contributed by atoms with Crippen LogP contribution in [0, 0.1) is 0 Å². The first-order chi connectivity index (χ1) is 27.5. The Bertz CT molecular complexity index is 1270. The molecule has 3 unspecified atom stereocenters. The molecule has 4 atom stereocenters. The number of carbonyl (C=O) groups excluding carboxylic acids is 2. The molecular formula is C46H79NO9P+. The average molecular weight is 821 g/mol. The fourth-order valence-electron chi connectivity index (χ4n) is 5.60. The van der Waals surface area contributed by atoms with Gasteiger partial charge in [0.2, 0.25) is 0 Å². The Kier molecular flexibility index (Phi) is 31.5. The van der Waals surface area contributed by atoms with E-state index in [4.69, 9.17) is 23.3 Å². The number of carbonyl (C=O) groups is 2. The molecule has 10 nitrogen and oxygen atoms in total. The Labute approximate surface area is 346 Å². The predicted molar refractivity (Wildman–Crippen MR) is 233 cm³/mol. The quantitative estimate of drug-likeness (QED) is 0.0163. The number of hydrogen-bond donors (Lipinski definition) is 1. The number of nitrogens with zero attached hydrogens (tertiary/aromatic N) is 1. The molecule has 326 valence electrons. The van der Waals surface area contributed by atoms with Gasteiger partial charge in [-0.2, -0.15) is 0 Å². The van der Waals surface area contributed by atoms with E-state index in [1.807, 2.05) is 33.3 Å². The minimum Gasteiger partial charge on any atom is -0.462 e. The summed E-state index contributed by atoms with van der Waals surface area (Å²) in [5.41, 5.74) is 0. The van der Waals surface area contributed by atoms with Crippen LogP contribution in [0.25, 0.3) is 0 Å². The molecule has 11 heteroatoms. The number of phosphoric ester groups is 1. The Balaban J connectivity index is 2.33. The van der Waals surface area contributed by atoms with Crippen molar-refractivity contribution in [1.29, 1.82) is 0 Å². The molecule has 0 aliphatic carbocycles. The number of rotatable bonds is 37. The number of hydrogen-bond acceptors (Lipinski definition) is 8. The third-order valence-corrected chi connectivity index (χ3v) is 10.1. The lowest BCUT2D eigenvalue weighted by atomic mass is 10.1. The van der Waals surface area contributed by atoms with Gasteiger partial charge < -0.3 is 23.6 Å². The monoisotopic (exact) mass is 821 g/mol. The fourth-order valence-corrected chi connectivity index (χ4v) is 6.35. The summed E-state index contributed by atoms with van der Waals surface area (Å²) < 4.78 is 39.9. The van der Waals surface area contributed by atoms with Crippen LogP contribution in [0.1, 0.15) is 142 Å². The molecule has 1 rings (SSSR count). The molecule has 0 aromatic carbocycles. The lowest BCUT2D eigenvalue weighted by molar-refractivity contribution is -0.870. The summed E-state index contributed by atoms with van der Waals surface area (Å²) in [4.78, 5) is 35.3. The summed E-state index contributed by atoms with van der Waals surface area (Å²) >= 11 is 0. The van der Waals surface area contributed by atoms with Crippen LogP contribution >= 0.6 is 7.82 Å². The molecule has 0 bridgehead atoms. The van der Waals surface area contributed by atoms with Gasteiger partial charge in [-0.05, 0) is 77.0 Å². The van der Waals surface area contributed by atoms with Crippen LogP contribution in [0.15, 0.2) is 72.9 Å². The average Bonchev–Trinajstić information content (AvgIpc) is 3.91. The maximum Gasteiger partial charge on any atom is 0.472 e. The zero-order chi connectivity index (χ0) is 41.9. The van der Waals surface area contributed by atoms with Gasteiger partial charge in [-0.25, -0.2) is 4.57 Å². The second-order valence-corrected chi connectivity index (χ2v) is 17.2. The van der Waals surface area contributed by atoms with E-state index in [0.29, 0.717) is 36.1 Å². The molecule has 1 heterocycles. The summed E-state index contributed by atoms with van der Waals surface area (Å²) in [6.45, 7) is 4.16. The molecule has 0 spiro atoms. The van der Waals surface area contributed by atoms with E-state index in [0.717, 1.165) is 77.0 Å². The molecule has 0 radical (unpaired) electrons. The third-order valence-electron chi connectivity index (χ3n) is 9.14. The molecule has 0 aromatic rings. The van der Waals surface area contributed by atoms with Crippen LogP contribution in [0.5, 0.6) is 0 Å². The van der Waals surface area contributed by atoms with Crippen molar-refractivity contribution in [2.45, 2.75) is 161 Å². The highest BCUT2D eigenvalue weighted by Gasteiger charge is 2.36. The first kappa shape index (κ1) is 52.4. The Morgan fingerprint density at radius 1 is 0.649 bits per heavy atom. The van der Waals surface area contributed by atoms with Crippen molar-refractivity contribution in [3.63, 3.8) is 0 Å². The lowest BCUT2D eigenvalue weighted by Gasteiger charge is -2.24. The highest BCUT2D eigenvalue weighted by molar-refractivity contribution is 7.47. The zero-order valence-electron chi connectivity index (χ0n) is 36.2. The van der Waals surface area contributed by atoms with E-state index in [1.165, 1.54) is 25.7 Å². The van der Waals surface area contributed by atoms with Gasteiger partial charge in [0.15, 0.2) is 6.10 Å². The normalized spacial score (nSPS) is 17.9. The summed E-state index contributed by atoms with van der Waals surface area (Å²) in [5.74, 6) is -0.918. The first-order valence-corrected chi connectivity index (χ1v) is 23.3. The van der Waals surface area contributed by atoms with Gasteiger partial charge in [-0.3, -0.25) is 18.6 Å². The standard InChI is InChI=1S/C46H78NO9P/c1-6-8-10-11-12-13-14-15-20-23-26-29-33-37-46(49)55-42(41-54-57(50,51)53-39-38-47(3,4)5)40-52-45(48)36-32-28-25-22-19-17-16-18-21-24-27-31-35-44-43(56-44)34-30-9-7-2/h9,13-14,17-19,21,25,27-28,30-31,42-44H,6-8,10-12,15-16,20,22-24,26,29,32-41H2,1-5H3/p+1/b14-13-,19-17-,21-18-,28-25-,30-9-,31-27-/t42-,43?,44?/m1/s1. The molecule has 1 saturated heterocycles. The van der Waals surface area contributed by atoms with E-state index in [1.54, 1.807) is 0 Å². The van der Waals surface area contributed by atoms with Crippen LogP contribution < -0.4 is 0 Å². The van der Waals surface area contributed by atoms with Gasteiger partial charge in [0.05, 0.1) is 40.0 Å². The van der Waals surface area contributed by atoms with Crippen molar-refractivity contribution in [2.75, 3.05) is 47.5 Å². The van der Waals surface area contributed by atoms with Crippen molar-refractivity contribution in [2.24, 2.45) is 0 Å². The van der Waals surface area contributed by atoms with Gasteiger partial charge in [-0.15, -0.1) is 0 Å². The second-order valence-electron chi connectivity index (χ2n) is 15.7. The number of unbranched alkanes of at least 4 members (excludes halogenated alkanes) is 9. The second kappa shape index (κ2) is 34.3. The van der Waals surface area contributed by atoms with Gasteiger partial charge in [0, 0.05) is 12.8 Å². The van der Waals surface area contributed by atoms with Crippen molar-refractivity contribution in [3.8, 4) is 0 Å². The van der Waals surface area contributed by atoms with Gasteiger partial charge in [0.1, 0.15) is 19.8 Å². The van der Waals surface area contributed by atoms with Crippen molar-refractivity contribution in [3.05, 3.63) is 72.9 Å². The summed E-state index contributed by atoms with van der Waals surface area (Å²) in [5, 5.41) is 0. The lowest BCUT2D eigenvalue weighted by Crippen LogP contribution is -2.37. The van der Waals surface area contributed by atoms with Gasteiger partial charge in [0.25, 0.3) is 0 Å². The maximum absolute atomic E-state index is 12.7. The SMILES string of the molecule is CC/C=C\CC1OC1C/C=C\C/C=C\C/C=C\C/C=C\CCC(=O)OC[C@H](COP(=O)(O)OCC[N+](C)(C)C)OC(=O)CCCCCCC/C=C\CCCCCC. The van der Waals surface area contributed by atoms with E-state index in [9.17, 15) is 19.0 Å². The van der Waals surface area contributed by atoms with Gasteiger partial charge >= 0.3 is 19.8 Å². The number of allylic oxidation sites excluding steroid dienone is 10. The van der Waals surface area contributed by atoms with Crippen LogP contribution in [0.3, 0.4) is 0 Å². The summed E-state index contributed by atoms with van der Waals surface area (Å²) in [7, 11) is 1.41. The highest BCUT2D eigenvalue weighted by Crippen LogP contribution is 2.43. The van der Waals surface area contributed by atoms with Crippen molar-refractivity contribution >= 4 is 19.8 Å². The third kappa shape index (κ3) is 35.1. The summed E-state index contributed by atoms with van der Waals surface area (Å²) in [6, 6.07) is 0. The van der Waals surface area contributed by atoms with Gasteiger partial charge in [-0.1, -0.05) is 125 Å². The molecule has 0 aromatic heterocycles. The zero-order valence-corrected chi connectivity index (χ0v) is 37.1. The number of epoxide rings is 1. The largest absolute Gasteiger partial charge is 0.472 e. The minimum absolute atomic E-state index is 0.0136. The minimum atomic E-state index is -4.40. The number of quaternary nitrogens is 1. The predicted octanol–water partition coefficient (Wildman–Crippen LogP) is 11.2. The van der Waals surface area contributed by atoms with E-state index >= 15 is 0 Å². The molecule has 1 N–H and O–H groups in total. The molecule has 57 heavy (non-hydrogen) atoms. The van der Waals surface area contributed by atoms with Crippen molar-refractivity contribution < 1.29 is 46.8 Å².